The number of nitrogens with one attached hydrogen (secondary N) is 2. The van der Waals surface area contributed by atoms with E-state index in [2.05, 4.69) is 32.2 Å². The third-order valence-electron chi connectivity index (χ3n) is 3.04. The summed E-state index contributed by atoms with van der Waals surface area (Å²) in [4.78, 5) is 24.3. The molecule has 1 unspecified atom stereocenters. The summed E-state index contributed by atoms with van der Waals surface area (Å²) in [5, 5.41) is 5.84. The fraction of sp³-hybridized carbons (Fsp3) is 0.231. The Labute approximate surface area is 110 Å². The molecule has 1 fully saturated rings. The molecule has 1 saturated heterocycles. The first kappa shape index (κ1) is 11.7. The number of piperazine rings is 1. The molecular weight excluding hydrogens is 242 g/mol. The molecule has 0 bridgehead atoms. The zero-order valence-corrected chi connectivity index (χ0v) is 10.3. The Morgan fingerprint density at radius 2 is 2.32 bits per heavy atom. The molecule has 0 aliphatic carbocycles. The van der Waals surface area contributed by atoms with Crippen molar-refractivity contribution >= 4 is 17.2 Å². The van der Waals surface area contributed by atoms with Gasteiger partial charge in [0.1, 0.15) is 12.4 Å². The van der Waals surface area contributed by atoms with Crippen LogP contribution in [0.4, 0.5) is 0 Å². The first-order chi connectivity index (χ1) is 9.24. The van der Waals surface area contributed by atoms with Crippen LogP contribution in [0.15, 0.2) is 41.9 Å². The van der Waals surface area contributed by atoms with Crippen LogP contribution in [-0.4, -0.2) is 40.7 Å². The molecule has 1 aromatic heterocycles. The fourth-order valence-electron chi connectivity index (χ4n) is 2.10. The van der Waals surface area contributed by atoms with Crippen LogP contribution < -0.4 is 10.6 Å². The van der Waals surface area contributed by atoms with Gasteiger partial charge >= 0.3 is 0 Å². The number of hydrogen-bond donors (Lipinski definition) is 2. The number of aromatic nitrogens is 2. The summed E-state index contributed by atoms with van der Waals surface area (Å²) < 4.78 is 0. The molecule has 19 heavy (non-hydrogen) atoms. The van der Waals surface area contributed by atoms with Gasteiger partial charge in [-0.2, -0.15) is 0 Å². The van der Waals surface area contributed by atoms with Crippen LogP contribution >= 0.6 is 0 Å². The topological polar surface area (TPSA) is 79.3 Å². The van der Waals surface area contributed by atoms with Crippen molar-refractivity contribution in [1.82, 2.24) is 20.6 Å². The Balaban J connectivity index is 1.79. The van der Waals surface area contributed by atoms with Crippen molar-refractivity contribution < 1.29 is 4.79 Å². The number of rotatable bonds is 2. The standard InChI is InChI=1S/C13H13N5O/c1-8-5-16-12(13(19)18-8)11-4-9(6-15-11)10-2-3-14-7-17-10/h2-4,7,12,16H,1,5-6H2,(H,18,19). The molecule has 96 valence electrons. The van der Waals surface area contributed by atoms with Crippen molar-refractivity contribution in [3.8, 4) is 0 Å². The average molecular weight is 255 g/mol. The Kier molecular flexibility index (Phi) is 2.92. The lowest BCUT2D eigenvalue weighted by atomic mass is 10.1. The van der Waals surface area contributed by atoms with Crippen molar-refractivity contribution in [2.45, 2.75) is 6.04 Å². The summed E-state index contributed by atoms with van der Waals surface area (Å²) in [7, 11) is 0. The summed E-state index contributed by atoms with van der Waals surface area (Å²) in [6.07, 6.45) is 5.11. The minimum Gasteiger partial charge on any atom is -0.327 e. The van der Waals surface area contributed by atoms with Crippen LogP contribution in [0.5, 0.6) is 0 Å². The lowest BCUT2D eigenvalue weighted by molar-refractivity contribution is -0.121. The highest BCUT2D eigenvalue weighted by Gasteiger charge is 2.29. The van der Waals surface area contributed by atoms with Crippen molar-refractivity contribution in [3.63, 3.8) is 0 Å². The van der Waals surface area contributed by atoms with Crippen LogP contribution in [-0.2, 0) is 4.79 Å². The Morgan fingerprint density at radius 3 is 3.05 bits per heavy atom. The first-order valence-corrected chi connectivity index (χ1v) is 5.97. The van der Waals surface area contributed by atoms with Gasteiger partial charge in [-0.25, -0.2) is 9.97 Å². The molecule has 1 aromatic rings. The molecule has 0 radical (unpaired) electrons. The van der Waals surface area contributed by atoms with E-state index < -0.39 is 6.04 Å². The number of hydrogen-bond acceptors (Lipinski definition) is 5. The molecule has 1 atom stereocenters. The van der Waals surface area contributed by atoms with E-state index in [1.807, 2.05) is 12.1 Å². The Bertz CT molecular complexity index is 590. The number of amides is 1. The normalized spacial score (nSPS) is 22.8. The molecule has 0 spiro atoms. The van der Waals surface area contributed by atoms with E-state index in [4.69, 9.17) is 0 Å². The smallest absolute Gasteiger partial charge is 0.247 e. The van der Waals surface area contributed by atoms with E-state index in [0.29, 0.717) is 18.8 Å². The molecule has 3 heterocycles. The van der Waals surface area contributed by atoms with Gasteiger partial charge in [0.05, 0.1) is 18.0 Å². The van der Waals surface area contributed by atoms with Gasteiger partial charge in [-0.05, 0) is 12.1 Å². The van der Waals surface area contributed by atoms with E-state index in [-0.39, 0.29) is 5.91 Å². The summed E-state index contributed by atoms with van der Waals surface area (Å²) in [5.41, 5.74) is 3.25. The molecule has 2 N–H and O–H groups in total. The first-order valence-electron chi connectivity index (χ1n) is 5.97. The van der Waals surface area contributed by atoms with Crippen molar-refractivity contribution in [2.75, 3.05) is 13.1 Å². The van der Waals surface area contributed by atoms with Gasteiger partial charge in [0.15, 0.2) is 0 Å². The van der Waals surface area contributed by atoms with E-state index in [0.717, 1.165) is 17.0 Å². The quantitative estimate of drug-likeness (QED) is 0.774. The maximum Gasteiger partial charge on any atom is 0.247 e. The highest BCUT2D eigenvalue weighted by molar-refractivity contribution is 6.18. The maximum atomic E-state index is 11.9. The van der Waals surface area contributed by atoms with E-state index in [1.54, 1.807) is 6.20 Å². The van der Waals surface area contributed by atoms with Gasteiger partial charge in [0.2, 0.25) is 5.91 Å². The zero-order chi connectivity index (χ0) is 13.2. The molecular formula is C13H13N5O. The summed E-state index contributed by atoms with van der Waals surface area (Å²) in [5.74, 6) is -0.116. The summed E-state index contributed by atoms with van der Waals surface area (Å²) >= 11 is 0. The molecule has 6 nitrogen and oxygen atoms in total. The molecule has 6 heteroatoms. The highest BCUT2D eigenvalue weighted by Crippen LogP contribution is 2.18. The second kappa shape index (κ2) is 4.74. The highest BCUT2D eigenvalue weighted by atomic mass is 16.2. The summed E-state index contributed by atoms with van der Waals surface area (Å²) in [6, 6.07) is 1.42. The molecule has 0 saturated carbocycles. The molecule has 2 aliphatic rings. The fourth-order valence-corrected chi connectivity index (χ4v) is 2.10. The van der Waals surface area contributed by atoms with Gasteiger partial charge in [0, 0.05) is 24.0 Å². The molecule has 1 amide bonds. The van der Waals surface area contributed by atoms with Crippen LogP contribution in [0.3, 0.4) is 0 Å². The van der Waals surface area contributed by atoms with Crippen LogP contribution in [0, 0.1) is 0 Å². The second-order valence-corrected chi connectivity index (χ2v) is 4.41. The predicted molar refractivity (Wildman–Crippen MR) is 71.4 cm³/mol. The number of carbonyl (C=O) groups is 1. The monoisotopic (exact) mass is 255 g/mol. The third kappa shape index (κ3) is 2.30. The number of nitrogens with zero attached hydrogens (tertiary/aromatic N) is 3. The molecule has 3 rings (SSSR count). The zero-order valence-electron chi connectivity index (χ0n) is 10.3. The maximum absolute atomic E-state index is 11.9. The van der Waals surface area contributed by atoms with Gasteiger partial charge in [0.25, 0.3) is 0 Å². The van der Waals surface area contributed by atoms with Gasteiger partial charge in [-0.3, -0.25) is 15.1 Å². The molecule has 2 aliphatic heterocycles. The SMILES string of the molecule is C=C1CNC(C2=NCC(c3ccncn3)=C2)C(=O)N1. The van der Waals surface area contributed by atoms with Crippen molar-refractivity contribution in [1.29, 1.82) is 0 Å². The van der Waals surface area contributed by atoms with Gasteiger partial charge in [-0.1, -0.05) is 6.58 Å². The second-order valence-electron chi connectivity index (χ2n) is 4.41. The summed E-state index contributed by atoms with van der Waals surface area (Å²) in [6.45, 7) is 4.82. The Hall–Kier alpha value is -2.34. The van der Waals surface area contributed by atoms with Crippen LogP contribution in [0.2, 0.25) is 0 Å². The van der Waals surface area contributed by atoms with E-state index >= 15 is 0 Å². The van der Waals surface area contributed by atoms with Crippen LogP contribution in [0.1, 0.15) is 5.69 Å². The molecule has 0 aromatic carbocycles. The minimum absolute atomic E-state index is 0.116. The van der Waals surface area contributed by atoms with E-state index in [9.17, 15) is 4.79 Å². The van der Waals surface area contributed by atoms with E-state index in [1.165, 1.54) is 6.33 Å². The average Bonchev–Trinajstić information content (AvgIpc) is 2.89. The van der Waals surface area contributed by atoms with Gasteiger partial charge < -0.3 is 5.32 Å². The lowest BCUT2D eigenvalue weighted by Crippen LogP contribution is -2.54. The largest absolute Gasteiger partial charge is 0.327 e. The minimum atomic E-state index is -0.412. The van der Waals surface area contributed by atoms with Gasteiger partial charge in [-0.15, -0.1) is 0 Å². The lowest BCUT2D eigenvalue weighted by Gasteiger charge is -2.24. The van der Waals surface area contributed by atoms with Crippen molar-refractivity contribution in [2.24, 2.45) is 4.99 Å². The van der Waals surface area contributed by atoms with Crippen molar-refractivity contribution in [3.05, 3.63) is 42.6 Å². The Morgan fingerprint density at radius 1 is 1.42 bits per heavy atom. The number of aliphatic imine (C=N–C) groups is 1. The predicted octanol–water partition coefficient (Wildman–Crippen LogP) is -0.0837. The third-order valence-corrected chi connectivity index (χ3v) is 3.04. The van der Waals surface area contributed by atoms with Crippen LogP contribution in [0.25, 0.3) is 5.57 Å². The number of carbonyl (C=O) groups excluding carboxylic acids is 1.